The van der Waals surface area contributed by atoms with Crippen molar-refractivity contribution in [1.82, 2.24) is 16.2 Å². The van der Waals surface area contributed by atoms with E-state index in [2.05, 4.69) is 16.2 Å². The maximum absolute atomic E-state index is 12.1. The molecule has 0 bridgehead atoms. The lowest BCUT2D eigenvalue weighted by molar-refractivity contribution is -0.120. The maximum atomic E-state index is 12.1. The van der Waals surface area contributed by atoms with Gasteiger partial charge in [0.05, 0.1) is 6.54 Å². The third-order valence-electron chi connectivity index (χ3n) is 3.99. The molecular formula is C19H19N3O5. The molecule has 8 heteroatoms. The van der Waals surface area contributed by atoms with Gasteiger partial charge in [-0.2, -0.15) is 0 Å². The van der Waals surface area contributed by atoms with E-state index in [9.17, 15) is 14.4 Å². The Kier molecular flexibility index (Phi) is 5.25. The molecule has 0 aliphatic carbocycles. The van der Waals surface area contributed by atoms with Crippen molar-refractivity contribution in [2.45, 2.75) is 13.8 Å². The topological polar surface area (TPSA) is 106 Å². The van der Waals surface area contributed by atoms with E-state index >= 15 is 0 Å². The number of fused-ring (bicyclic) bond motifs is 1. The van der Waals surface area contributed by atoms with E-state index in [1.54, 1.807) is 18.2 Å². The highest BCUT2D eigenvalue weighted by atomic mass is 16.7. The van der Waals surface area contributed by atoms with Gasteiger partial charge in [0.25, 0.3) is 17.7 Å². The number of amides is 3. The Balaban J connectivity index is 1.48. The Morgan fingerprint density at radius 3 is 2.48 bits per heavy atom. The zero-order valence-corrected chi connectivity index (χ0v) is 14.9. The van der Waals surface area contributed by atoms with Crippen LogP contribution in [0.25, 0.3) is 0 Å². The van der Waals surface area contributed by atoms with Crippen LogP contribution in [0.1, 0.15) is 31.8 Å². The van der Waals surface area contributed by atoms with Crippen molar-refractivity contribution in [3.8, 4) is 11.5 Å². The molecule has 3 N–H and O–H groups in total. The van der Waals surface area contributed by atoms with Crippen LogP contribution in [-0.2, 0) is 4.79 Å². The van der Waals surface area contributed by atoms with E-state index in [0.717, 1.165) is 11.1 Å². The molecule has 0 saturated heterocycles. The molecule has 0 atom stereocenters. The Labute approximate surface area is 155 Å². The normalized spacial score (nSPS) is 11.6. The number of carbonyl (C=O) groups excluding carboxylic acids is 3. The molecule has 0 fully saturated rings. The molecule has 3 amide bonds. The minimum absolute atomic E-state index is 0.114. The molecule has 0 unspecified atom stereocenters. The molecule has 8 nitrogen and oxygen atoms in total. The average molecular weight is 369 g/mol. The molecular weight excluding hydrogens is 350 g/mol. The minimum atomic E-state index is -0.554. The molecule has 0 radical (unpaired) electrons. The fraction of sp³-hybridized carbons (Fsp3) is 0.211. The number of rotatable bonds is 4. The summed E-state index contributed by atoms with van der Waals surface area (Å²) in [6.07, 6.45) is 0. The molecule has 27 heavy (non-hydrogen) atoms. The van der Waals surface area contributed by atoms with Gasteiger partial charge in [-0.3, -0.25) is 25.2 Å². The second-order valence-corrected chi connectivity index (χ2v) is 6.07. The number of hydrogen-bond acceptors (Lipinski definition) is 5. The molecule has 1 aliphatic rings. The zero-order valence-electron chi connectivity index (χ0n) is 14.9. The monoisotopic (exact) mass is 369 g/mol. The van der Waals surface area contributed by atoms with Crippen LogP contribution in [0.15, 0.2) is 36.4 Å². The van der Waals surface area contributed by atoms with E-state index in [1.165, 1.54) is 6.07 Å². The van der Waals surface area contributed by atoms with Crippen molar-refractivity contribution in [2.24, 2.45) is 0 Å². The first-order chi connectivity index (χ1) is 12.9. The average Bonchev–Trinajstić information content (AvgIpc) is 3.11. The second kappa shape index (κ2) is 7.77. The summed E-state index contributed by atoms with van der Waals surface area (Å²) in [4.78, 5) is 36.1. The van der Waals surface area contributed by atoms with E-state index in [4.69, 9.17) is 9.47 Å². The number of aryl methyl sites for hydroxylation is 2. The third-order valence-corrected chi connectivity index (χ3v) is 3.99. The van der Waals surface area contributed by atoms with Crippen LogP contribution in [0.4, 0.5) is 0 Å². The summed E-state index contributed by atoms with van der Waals surface area (Å²) in [6, 6.07) is 10.1. The van der Waals surface area contributed by atoms with Crippen LogP contribution in [0, 0.1) is 13.8 Å². The van der Waals surface area contributed by atoms with Crippen molar-refractivity contribution >= 4 is 17.7 Å². The summed E-state index contributed by atoms with van der Waals surface area (Å²) in [6.45, 7) is 3.57. The Hall–Kier alpha value is -3.55. The first-order valence-electron chi connectivity index (χ1n) is 8.28. The number of nitrogens with one attached hydrogen (secondary N) is 3. The fourth-order valence-electron chi connectivity index (χ4n) is 2.61. The summed E-state index contributed by atoms with van der Waals surface area (Å²) in [7, 11) is 0. The lowest BCUT2D eigenvalue weighted by Gasteiger charge is -2.10. The van der Waals surface area contributed by atoms with E-state index < -0.39 is 17.7 Å². The predicted octanol–water partition coefficient (Wildman–Crippen LogP) is 1.22. The quantitative estimate of drug-likeness (QED) is 0.703. The van der Waals surface area contributed by atoms with Gasteiger partial charge in [-0.25, -0.2) is 0 Å². The molecule has 1 aliphatic heterocycles. The van der Waals surface area contributed by atoms with Crippen LogP contribution < -0.4 is 25.6 Å². The molecule has 140 valence electrons. The lowest BCUT2D eigenvalue weighted by Crippen LogP contribution is -2.46. The van der Waals surface area contributed by atoms with Crippen LogP contribution >= 0.6 is 0 Å². The molecule has 2 aromatic rings. The van der Waals surface area contributed by atoms with Gasteiger partial charge in [-0.15, -0.1) is 0 Å². The smallest absolute Gasteiger partial charge is 0.269 e. The van der Waals surface area contributed by atoms with E-state index in [-0.39, 0.29) is 13.3 Å². The van der Waals surface area contributed by atoms with E-state index in [1.807, 2.05) is 26.0 Å². The van der Waals surface area contributed by atoms with Crippen molar-refractivity contribution in [1.29, 1.82) is 0 Å². The standard InChI is InChI=1S/C19H19N3O5/c1-11-3-5-14(12(2)7-11)19(25)22-21-17(23)9-20-18(24)13-4-6-15-16(8-13)27-10-26-15/h3-8H,9-10H2,1-2H3,(H,20,24)(H,21,23)(H,22,25). The number of carbonyl (C=O) groups is 3. The SMILES string of the molecule is Cc1ccc(C(=O)NNC(=O)CNC(=O)c2ccc3c(c2)OCO3)c(C)c1. The lowest BCUT2D eigenvalue weighted by atomic mass is 10.1. The highest BCUT2D eigenvalue weighted by Gasteiger charge is 2.17. The fourth-order valence-corrected chi connectivity index (χ4v) is 2.61. The predicted molar refractivity (Wildman–Crippen MR) is 96.4 cm³/mol. The third kappa shape index (κ3) is 4.35. The van der Waals surface area contributed by atoms with Crippen molar-refractivity contribution in [3.05, 3.63) is 58.7 Å². The van der Waals surface area contributed by atoms with Crippen molar-refractivity contribution < 1.29 is 23.9 Å². The van der Waals surface area contributed by atoms with Crippen LogP contribution in [0.5, 0.6) is 11.5 Å². The Morgan fingerprint density at radius 1 is 0.926 bits per heavy atom. The van der Waals surface area contributed by atoms with Crippen LogP contribution in [-0.4, -0.2) is 31.1 Å². The first-order valence-corrected chi connectivity index (χ1v) is 8.28. The van der Waals surface area contributed by atoms with Crippen molar-refractivity contribution in [3.63, 3.8) is 0 Å². The second-order valence-electron chi connectivity index (χ2n) is 6.07. The number of benzene rings is 2. The van der Waals surface area contributed by atoms with Crippen LogP contribution in [0.2, 0.25) is 0 Å². The van der Waals surface area contributed by atoms with E-state index in [0.29, 0.717) is 22.6 Å². The van der Waals surface area contributed by atoms with Gasteiger partial charge in [0.15, 0.2) is 11.5 Å². The zero-order chi connectivity index (χ0) is 19.4. The number of ether oxygens (including phenoxy) is 2. The van der Waals surface area contributed by atoms with Crippen LogP contribution in [0.3, 0.4) is 0 Å². The molecule has 3 rings (SSSR count). The highest BCUT2D eigenvalue weighted by molar-refractivity contribution is 5.98. The summed E-state index contributed by atoms with van der Waals surface area (Å²) in [5.74, 6) is -0.374. The van der Waals surface area contributed by atoms with Gasteiger partial charge in [0.2, 0.25) is 6.79 Å². The molecule has 1 heterocycles. The van der Waals surface area contributed by atoms with Gasteiger partial charge < -0.3 is 14.8 Å². The van der Waals surface area contributed by atoms with Gasteiger partial charge >= 0.3 is 0 Å². The summed E-state index contributed by atoms with van der Waals surface area (Å²) < 4.78 is 10.4. The van der Waals surface area contributed by atoms with Crippen molar-refractivity contribution in [2.75, 3.05) is 13.3 Å². The Morgan fingerprint density at radius 2 is 1.70 bits per heavy atom. The maximum Gasteiger partial charge on any atom is 0.269 e. The van der Waals surface area contributed by atoms with Gasteiger partial charge in [-0.1, -0.05) is 17.7 Å². The minimum Gasteiger partial charge on any atom is -0.454 e. The summed E-state index contributed by atoms with van der Waals surface area (Å²) in [5.41, 5.74) is 7.25. The molecule has 0 aromatic heterocycles. The van der Waals surface area contributed by atoms with Gasteiger partial charge in [0, 0.05) is 11.1 Å². The van der Waals surface area contributed by atoms with Gasteiger partial charge in [-0.05, 0) is 43.7 Å². The molecule has 0 spiro atoms. The number of hydrogen-bond donors (Lipinski definition) is 3. The summed E-state index contributed by atoms with van der Waals surface area (Å²) in [5, 5.41) is 2.47. The Bertz CT molecular complexity index is 910. The van der Waals surface area contributed by atoms with Gasteiger partial charge in [0.1, 0.15) is 0 Å². The molecule has 0 saturated carbocycles. The summed E-state index contributed by atoms with van der Waals surface area (Å²) >= 11 is 0. The molecule has 2 aromatic carbocycles. The largest absolute Gasteiger partial charge is 0.454 e. The number of hydrazine groups is 1. The first kappa shape index (κ1) is 18.2. The highest BCUT2D eigenvalue weighted by Crippen LogP contribution is 2.32.